The van der Waals surface area contributed by atoms with E-state index >= 15 is 0 Å². The van der Waals surface area contributed by atoms with Crippen LogP contribution in [0.15, 0.2) is 39.0 Å². The molecule has 0 aliphatic rings. The Hall–Kier alpha value is -3.36. The van der Waals surface area contributed by atoms with Crippen molar-refractivity contribution in [3.8, 4) is 5.75 Å². The van der Waals surface area contributed by atoms with Crippen LogP contribution in [-0.4, -0.2) is 29.9 Å². The smallest absolute Gasteiger partial charge is 0.329 e. The van der Waals surface area contributed by atoms with E-state index in [1.807, 2.05) is 11.5 Å². The Kier molecular flexibility index (Phi) is 9.69. The van der Waals surface area contributed by atoms with Crippen LogP contribution >= 0.6 is 0 Å². The molecule has 0 amide bonds. The number of hydrogen-bond donors (Lipinski definition) is 3. The second-order valence-electron chi connectivity index (χ2n) is 9.12. The molecule has 35 heavy (non-hydrogen) atoms. The van der Waals surface area contributed by atoms with Gasteiger partial charge in [-0.25, -0.2) is 10.2 Å². The predicted octanol–water partition coefficient (Wildman–Crippen LogP) is 4.89. The Balaban J connectivity index is 1.69. The van der Waals surface area contributed by atoms with Gasteiger partial charge >= 0.3 is 5.69 Å². The van der Waals surface area contributed by atoms with E-state index in [-0.39, 0.29) is 5.75 Å². The Morgan fingerprint density at radius 1 is 1.00 bits per heavy atom. The first-order valence-corrected chi connectivity index (χ1v) is 12.7. The number of anilines is 1. The number of phenolic OH excluding ortho intramolecular Hbond substituents is 1. The molecule has 0 spiro atoms. The highest BCUT2D eigenvalue weighted by atomic mass is 16.3. The van der Waals surface area contributed by atoms with Gasteiger partial charge in [0.1, 0.15) is 5.75 Å². The quantitative estimate of drug-likeness (QED) is 0.172. The molecule has 9 nitrogen and oxygen atoms in total. The predicted molar refractivity (Wildman–Crippen MR) is 141 cm³/mol. The molecule has 0 saturated carbocycles. The number of benzene rings is 1. The van der Waals surface area contributed by atoms with Crippen molar-refractivity contribution >= 4 is 22.8 Å². The van der Waals surface area contributed by atoms with Crippen LogP contribution in [0.5, 0.6) is 5.75 Å². The molecule has 0 fully saturated rings. The molecule has 0 atom stereocenters. The molecule has 0 radical (unpaired) electrons. The summed E-state index contributed by atoms with van der Waals surface area (Å²) in [5.74, 6) is 0.605. The van der Waals surface area contributed by atoms with Crippen molar-refractivity contribution in [2.24, 2.45) is 12.1 Å². The lowest BCUT2D eigenvalue weighted by Gasteiger charge is -2.09. The maximum atomic E-state index is 12.6. The van der Waals surface area contributed by atoms with Gasteiger partial charge in [0.25, 0.3) is 5.56 Å². The van der Waals surface area contributed by atoms with Crippen LogP contribution in [0.25, 0.3) is 11.2 Å². The standard InChI is InChI=1S/C26H38N6O3/c1-4-5-6-7-8-9-10-11-12-13-18-32-22-23(31(3)26(35)28-24(22)34)27-25(32)30-29-19(2)20-14-16-21(33)17-15-20/h14-17,33H,4-13,18H2,1-3H3,(H,27,30)(H,28,34,35)/b29-19+. The van der Waals surface area contributed by atoms with Gasteiger partial charge in [-0.1, -0.05) is 64.7 Å². The van der Waals surface area contributed by atoms with Crippen molar-refractivity contribution < 1.29 is 5.11 Å². The van der Waals surface area contributed by atoms with Gasteiger partial charge in [-0.05, 0) is 43.2 Å². The number of aryl methyl sites for hydroxylation is 2. The van der Waals surface area contributed by atoms with Gasteiger partial charge in [-0.2, -0.15) is 10.1 Å². The number of aromatic amines is 1. The Labute approximate surface area is 205 Å². The molecule has 0 unspecified atom stereocenters. The van der Waals surface area contributed by atoms with Crippen molar-refractivity contribution in [3.63, 3.8) is 0 Å². The minimum Gasteiger partial charge on any atom is -0.508 e. The summed E-state index contributed by atoms with van der Waals surface area (Å²) < 4.78 is 3.15. The molecule has 0 aliphatic heterocycles. The second-order valence-corrected chi connectivity index (χ2v) is 9.12. The molecule has 0 bridgehead atoms. The molecule has 0 saturated heterocycles. The van der Waals surface area contributed by atoms with Crippen LogP contribution in [0.4, 0.5) is 5.95 Å². The van der Waals surface area contributed by atoms with Crippen molar-refractivity contribution in [2.45, 2.75) is 84.6 Å². The highest BCUT2D eigenvalue weighted by molar-refractivity contribution is 5.99. The number of aromatic hydroxyl groups is 1. The summed E-state index contributed by atoms with van der Waals surface area (Å²) in [5.41, 5.74) is 4.27. The first-order chi connectivity index (χ1) is 16.9. The molecule has 1 aromatic carbocycles. The number of nitrogens with zero attached hydrogens (tertiary/aromatic N) is 4. The van der Waals surface area contributed by atoms with E-state index in [4.69, 9.17) is 0 Å². The first kappa shape index (κ1) is 26.2. The van der Waals surface area contributed by atoms with Crippen LogP contribution < -0.4 is 16.7 Å². The van der Waals surface area contributed by atoms with Crippen molar-refractivity contribution in [1.29, 1.82) is 0 Å². The maximum Gasteiger partial charge on any atom is 0.329 e. The Morgan fingerprint density at radius 2 is 1.60 bits per heavy atom. The van der Waals surface area contributed by atoms with E-state index in [0.29, 0.717) is 29.4 Å². The molecule has 0 aliphatic carbocycles. The van der Waals surface area contributed by atoms with Gasteiger partial charge in [-0.15, -0.1) is 0 Å². The summed E-state index contributed by atoms with van der Waals surface area (Å²) in [6.07, 6.45) is 12.2. The van der Waals surface area contributed by atoms with E-state index in [1.165, 1.54) is 49.5 Å². The van der Waals surface area contributed by atoms with Gasteiger partial charge < -0.3 is 9.67 Å². The molecule has 3 aromatic rings. The summed E-state index contributed by atoms with van der Waals surface area (Å²) in [6.45, 7) is 4.68. The minimum absolute atomic E-state index is 0.188. The van der Waals surface area contributed by atoms with Crippen LogP contribution in [0, 0.1) is 0 Å². The van der Waals surface area contributed by atoms with Crippen molar-refractivity contribution in [2.75, 3.05) is 5.43 Å². The summed E-state index contributed by atoms with van der Waals surface area (Å²) in [4.78, 5) is 31.6. The summed E-state index contributed by atoms with van der Waals surface area (Å²) >= 11 is 0. The van der Waals surface area contributed by atoms with Crippen LogP contribution in [0.1, 0.15) is 83.6 Å². The largest absolute Gasteiger partial charge is 0.508 e. The molecule has 2 aromatic heterocycles. The molecular formula is C26H38N6O3. The fourth-order valence-electron chi connectivity index (χ4n) is 4.20. The third kappa shape index (κ3) is 7.07. The lowest BCUT2D eigenvalue weighted by molar-refractivity contribution is 0.475. The number of rotatable bonds is 14. The van der Waals surface area contributed by atoms with E-state index in [0.717, 1.165) is 24.8 Å². The molecular weight excluding hydrogens is 444 g/mol. The number of imidazole rings is 1. The number of hydrazone groups is 1. The lowest BCUT2D eigenvalue weighted by Crippen LogP contribution is -2.29. The van der Waals surface area contributed by atoms with Gasteiger partial charge in [0.2, 0.25) is 5.95 Å². The van der Waals surface area contributed by atoms with Gasteiger partial charge in [-0.3, -0.25) is 14.3 Å². The third-order valence-electron chi connectivity index (χ3n) is 6.35. The fraction of sp³-hybridized carbons (Fsp3) is 0.538. The van der Waals surface area contributed by atoms with E-state index < -0.39 is 11.2 Å². The Bertz CT molecular complexity index is 1240. The van der Waals surface area contributed by atoms with Crippen LogP contribution in [0.3, 0.4) is 0 Å². The molecule has 190 valence electrons. The molecule has 9 heteroatoms. The van der Waals surface area contributed by atoms with Crippen LogP contribution in [0.2, 0.25) is 0 Å². The fourth-order valence-corrected chi connectivity index (χ4v) is 4.20. The van der Waals surface area contributed by atoms with E-state index in [9.17, 15) is 14.7 Å². The van der Waals surface area contributed by atoms with E-state index in [1.54, 1.807) is 31.3 Å². The SMILES string of the molecule is CCCCCCCCCCCCn1c(N/N=C(\C)c2ccc(O)cc2)nc2c1c(=O)[nH]c(=O)n2C. The summed E-state index contributed by atoms with van der Waals surface area (Å²) in [7, 11) is 1.59. The number of phenols is 1. The normalized spacial score (nSPS) is 11.9. The van der Waals surface area contributed by atoms with Gasteiger partial charge in [0.15, 0.2) is 11.2 Å². The second kappa shape index (κ2) is 12.9. The van der Waals surface area contributed by atoms with Crippen molar-refractivity contribution in [3.05, 3.63) is 50.7 Å². The lowest BCUT2D eigenvalue weighted by atomic mass is 10.1. The van der Waals surface area contributed by atoms with E-state index in [2.05, 4.69) is 27.4 Å². The molecule has 3 rings (SSSR count). The highest BCUT2D eigenvalue weighted by Gasteiger charge is 2.17. The number of aromatic nitrogens is 4. The molecule has 3 N–H and O–H groups in total. The van der Waals surface area contributed by atoms with Crippen LogP contribution in [-0.2, 0) is 13.6 Å². The molecule has 2 heterocycles. The zero-order valence-corrected chi connectivity index (χ0v) is 21.1. The topological polar surface area (TPSA) is 117 Å². The highest BCUT2D eigenvalue weighted by Crippen LogP contribution is 2.18. The maximum absolute atomic E-state index is 12.6. The van der Waals surface area contributed by atoms with Gasteiger partial charge in [0, 0.05) is 13.6 Å². The Morgan fingerprint density at radius 3 is 2.23 bits per heavy atom. The first-order valence-electron chi connectivity index (χ1n) is 12.7. The minimum atomic E-state index is -0.499. The zero-order valence-electron chi connectivity index (χ0n) is 21.1. The number of fused-ring (bicyclic) bond motifs is 1. The zero-order chi connectivity index (χ0) is 25.2. The monoisotopic (exact) mass is 482 g/mol. The summed E-state index contributed by atoms with van der Waals surface area (Å²) in [5, 5.41) is 13.9. The van der Waals surface area contributed by atoms with Crippen molar-refractivity contribution in [1.82, 2.24) is 19.1 Å². The number of unbranched alkanes of at least 4 members (excludes halogenated alkanes) is 9. The number of nitrogens with one attached hydrogen (secondary N) is 2. The average Bonchev–Trinajstić information content (AvgIpc) is 3.21. The van der Waals surface area contributed by atoms with Gasteiger partial charge in [0.05, 0.1) is 5.71 Å². The number of H-pyrrole nitrogens is 1. The third-order valence-corrected chi connectivity index (χ3v) is 6.35. The average molecular weight is 483 g/mol. The summed E-state index contributed by atoms with van der Waals surface area (Å²) in [6, 6.07) is 6.75. The number of hydrogen-bond acceptors (Lipinski definition) is 6.